The molecule has 6 nitrogen and oxygen atoms in total. The zero-order valence-corrected chi connectivity index (χ0v) is 14.9. The van der Waals surface area contributed by atoms with Crippen molar-refractivity contribution in [3.8, 4) is 11.4 Å². The quantitative estimate of drug-likeness (QED) is 0.732. The number of thiophene rings is 1. The minimum absolute atomic E-state index is 0.0111. The summed E-state index contributed by atoms with van der Waals surface area (Å²) < 4.78 is 0. The zero-order valence-electron chi connectivity index (χ0n) is 12.6. The van der Waals surface area contributed by atoms with Crippen molar-refractivity contribution in [2.75, 3.05) is 0 Å². The Hall–Kier alpha value is -1.96. The van der Waals surface area contributed by atoms with Crippen LogP contribution in [0.2, 0.25) is 10.0 Å². The van der Waals surface area contributed by atoms with Gasteiger partial charge in [-0.15, -0.1) is 10.2 Å². The molecular weight excluding hydrogens is 369 g/mol. The Morgan fingerprint density at radius 2 is 2.17 bits per heavy atom. The highest BCUT2D eigenvalue weighted by Crippen LogP contribution is 2.25. The molecule has 1 N–H and O–H groups in total. The molecule has 3 aromatic rings. The summed E-state index contributed by atoms with van der Waals surface area (Å²) in [5.41, 5.74) is 1.75. The van der Waals surface area contributed by atoms with E-state index in [0.29, 0.717) is 15.9 Å². The first-order valence-corrected chi connectivity index (χ1v) is 8.77. The fourth-order valence-electron chi connectivity index (χ4n) is 2.10. The van der Waals surface area contributed by atoms with Crippen LogP contribution >= 0.6 is 34.5 Å². The Balaban J connectivity index is 1.62. The Bertz CT molecular complexity index is 849. The summed E-state index contributed by atoms with van der Waals surface area (Å²) >= 11 is 13.4. The second-order valence-electron chi connectivity index (χ2n) is 5.12. The van der Waals surface area contributed by atoms with Gasteiger partial charge >= 0.3 is 0 Å². The van der Waals surface area contributed by atoms with Crippen LogP contribution < -0.4 is 5.32 Å². The highest BCUT2D eigenvalue weighted by molar-refractivity contribution is 7.08. The van der Waals surface area contributed by atoms with Gasteiger partial charge in [0.15, 0.2) is 0 Å². The second kappa shape index (κ2) is 7.29. The van der Waals surface area contributed by atoms with Gasteiger partial charge in [-0.3, -0.25) is 4.79 Å². The maximum absolute atomic E-state index is 12.1. The van der Waals surface area contributed by atoms with Crippen molar-refractivity contribution in [1.82, 2.24) is 25.5 Å². The number of hydrogen-bond acceptors (Lipinski definition) is 5. The van der Waals surface area contributed by atoms with E-state index in [9.17, 15) is 4.79 Å². The molecule has 2 aromatic heterocycles. The summed E-state index contributed by atoms with van der Waals surface area (Å²) in [6.45, 7) is 1.85. The fraction of sp³-hybridized carbons (Fsp3) is 0.200. The van der Waals surface area contributed by atoms with Gasteiger partial charge < -0.3 is 5.32 Å². The predicted molar refractivity (Wildman–Crippen MR) is 94.1 cm³/mol. The fourth-order valence-corrected chi connectivity index (χ4v) is 3.04. The van der Waals surface area contributed by atoms with Crippen molar-refractivity contribution in [3.63, 3.8) is 0 Å². The number of carbonyl (C=O) groups excluding carboxylic acids is 1. The lowest BCUT2D eigenvalue weighted by Gasteiger charge is -2.14. The van der Waals surface area contributed by atoms with Crippen LogP contribution in [-0.4, -0.2) is 26.1 Å². The highest BCUT2D eigenvalue weighted by atomic mass is 35.5. The summed E-state index contributed by atoms with van der Waals surface area (Å²) in [7, 11) is 0. The van der Waals surface area contributed by atoms with Gasteiger partial charge in [-0.2, -0.15) is 16.1 Å². The molecule has 1 amide bonds. The van der Waals surface area contributed by atoms with Gasteiger partial charge in [-0.05, 0) is 41.3 Å². The molecule has 1 aromatic carbocycles. The molecule has 0 aliphatic rings. The number of hydrogen-bond donors (Lipinski definition) is 1. The third-order valence-electron chi connectivity index (χ3n) is 3.34. The lowest BCUT2D eigenvalue weighted by atomic mass is 10.1. The Kier molecular flexibility index (Phi) is 5.13. The van der Waals surface area contributed by atoms with Crippen LogP contribution in [0.4, 0.5) is 0 Å². The maximum atomic E-state index is 12.1. The van der Waals surface area contributed by atoms with Crippen LogP contribution in [0.25, 0.3) is 11.4 Å². The third kappa shape index (κ3) is 3.92. The first-order chi connectivity index (χ1) is 11.5. The van der Waals surface area contributed by atoms with E-state index >= 15 is 0 Å². The number of benzene rings is 1. The van der Waals surface area contributed by atoms with E-state index in [2.05, 4.69) is 20.7 Å². The number of nitrogens with one attached hydrogen (secondary N) is 1. The average molecular weight is 382 g/mol. The van der Waals surface area contributed by atoms with Gasteiger partial charge in [0.2, 0.25) is 11.7 Å². The minimum Gasteiger partial charge on any atom is -0.348 e. The van der Waals surface area contributed by atoms with Crippen LogP contribution in [0.1, 0.15) is 18.5 Å². The molecule has 9 heteroatoms. The second-order valence-corrected chi connectivity index (χ2v) is 6.71. The maximum Gasteiger partial charge on any atom is 0.244 e. The van der Waals surface area contributed by atoms with E-state index < -0.39 is 0 Å². The van der Waals surface area contributed by atoms with E-state index in [1.165, 1.54) is 4.80 Å². The van der Waals surface area contributed by atoms with Gasteiger partial charge in [-0.25, -0.2) is 0 Å². The standard InChI is InChI=1S/C15H13Cl2N5OS/c1-9(10-2-3-12(16)13(17)6-10)18-14(23)7-22-20-15(19-21-22)11-4-5-24-8-11/h2-6,8-9H,7H2,1H3,(H,18,23)/t9-/m0/s1. The SMILES string of the molecule is C[C@H](NC(=O)Cn1nnc(-c2ccsc2)n1)c1ccc(Cl)c(Cl)c1. The molecule has 24 heavy (non-hydrogen) atoms. The number of rotatable bonds is 5. The Morgan fingerprint density at radius 1 is 1.33 bits per heavy atom. The highest BCUT2D eigenvalue weighted by Gasteiger charge is 2.13. The molecule has 0 saturated heterocycles. The molecule has 3 rings (SSSR count). The number of amides is 1. The van der Waals surface area contributed by atoms with E-state index in [1.54, 1.807) is 23.5 Å². The van der Waals surface area contributed by atoms with E-state index in [4.69, 9.17) is 23.2 Å². The molecule has 0 fully saturated rings. The smallest absolute Gasteiger partial charge is 0.244 e. The monoisotopic (exact) mass is 381 g/mol. The molecule has 0 aliphatic carbocycles. The summed E-state index contributed by atoms with van der Waals surface area (Å²) in [6, 6.07) is 6.94. The first kappa shape index (κ1) is 16.9. The van der Waals surface area contributed by atoms with Crippen LogP contribution in [-0.2, 0) is 11.3 Å². The molecule has 0 bridgehead atoms. The van der Waals surface area contributed by atoms with Crippen LogP contribution in [0.15, 0.2) is 35.0 Å². The molecule has 1 atom stereocenters. The summed E-state index contributed by atoms with van der Waals surface area (Å²) in [4.78, 5) is 13.4. The van der Waals surface area contributed by atoms with Gasteiger partial charge in [0.05, 0.1) is 16.1 Å². The number of aromatic nitrogens is 4. The number of halogens is 2. The van der Waals surface area contributed by atoms with Crippen LogP contribution in [0.3, 0.4) is 0 Å². The average Bonchev–Trinajstić information content (AvgIpc) is 3.20. The van der Waals surface area contributed by atoms with Crippen LogP contribution in [0, 0.1) is 0 Å². The van der Waals surface area contributed by atoms with Crippen molar-refractivity contribution in [3.05, 3.63) is 50.6 Å². The zero-order chi connectivity index (χ0) is 17.1. The minimum atomic E-state index is -0.220. The van der Waals surface area contributed by atoms with Gasteiger partial charge in [0, 0.05) is 10.9 Å². The van der Waals surface area contributed by atoms with Gasteiger partial charge in [0.25, 0.3) is 0 Å². The van der Waals surface area contributed by atoms with Crippen molar-refractivity contribution in [1.29, 1.82) is 0 Å². The molecule has 2 heterocycles. The van der Waals surface area contributed by atoms with Crippen LogP contribution in [0.5, 0.6) is 0 Å². The number of nitrogens with zero attached hydrogens (tertiary/aromatic N) is 4. The van der Waals surface area contributed by atoms with E-state index in [0.717, 1.165) is 11.1 Å². The normalized spacial score (nSPS) is 12.1. The van der Waals surface area contributed by atoms with Gasteiger partial charge in [-0.1, -0.05) is 29.3 Å². The van der Waals surface area contributed by atoms with E-state index in [1.807, 2.05) is 29.8 Å². The van der Waals surface area contributed by atoms with Gasteiger partial charge in [0.1, 0.15) is 6.54 Å². The van der Waals surface area contributed by atoms with Crippen molar-refractivity contribution in [2.24, 2.45) is 0 Å². The lowest BCUT2D eigenvalue weighted by Crippen LogP contribution is -2.30. The van der Waals surface area contributed by atoms with Crippen molar-refractivity contribution < 1.29 is 4.79 Å². The molecule has 0 radical (unpaired) electrons. The largest absolute Gasteiger partial charge is 0.348 e. The molecule has 0 saturated carbocycles. The number of carbonyl (C=O) groups is 1. The summed E-state index contributed by atoms with van der Waals surface area (Å²) in [6.07, 6.45) is 0. The first-order valence-electron chi connectivity index (χ1n) is 7.07. The summed E-state index contributed by atoms with van der Waals surface area (Å²) in [5, 5.41) is 19.7. The molecule has 0 spiro atoms. The third-order valence-corrected chi connectivity index (χ3v) is 4.76. The number of tetrazole rings is 1. The van der Waals surface area contributed by atoms with Crippen molar-refractivity contribution >= 4 is 40.4 Å². The molecule has 0 aliphatic heterocycles. The summed E-state index contributed by atoms with van der Waals surface area (Å²) in [5.74, 6) is 0.282. The van der Waals surface area contributed by atoms with Crippen molar-refractivity contribution in [2.45, 2.75) is 19.5 Å². The van der Waals surface area contributed by atoms with E-state index in [-0.39, 0.29) is 18.5 Å². The molecular formula is C15H13Cl2N5OS. The predicted octanol–water partition coefficient (Wildman–Crippen LogP) is 3.59. The molecule has 0 unspecified atom stereocenters. The lowest BCUT2D eigenvalue weighted by molar-refractivity contribution is -0.122. The molecule has 124 valence electrons. The Labute approximate surface area is 152 Å². The Morgan fingerprint density at radius 3 is 2.88 bits per heavy atom. The topological polar surface area (TPSA) is 72.7 Å².